The summed E-state index contributed by atoms with van der Waals surface area (Å²) in [6, 6.07) is 10.3. The van der Waals surface area contributed by atoms with Gasteiger partial charge in [-0.1, -0.05) is 37.3 Å². The van der Waals surface area contributed by atoms with E-state index < -0.39 is 0 Å². The zero-order chi connectivity index (χ0) is 12.3. The van der Waals surface area contributed by atoms with E-state index in [2.05, 4.69) is 31.0 Å². The monoisotopic (exact) mass is 246 g/mol. The molecule has 0 saturated carbocycles. The van der Waals surface area contributed by atoms with Gasteiger partial charge in [-0.05, 0) is 25.8 Å². The van der Waals surface area contributed by atoms with E-state index in [1.807, 2.05) is 18.2 Å². The van der Waals surface area contributed by atoms with Crippen LogP contribution in [-0.4, -0.2) is 11.5 Å². The molecular weight excluding hydrogens is 228 g/mol. The van der Waals surface area contributed by atoms with E-state index in [1.54, 1.807) is 11.3 Å². The van der Waals surface area contributed by atoms with E-state index in [-0.39, 0.29) is 0 Å². The lowest BCUT2D eigenvalue weighted by Gasteiger charge is -2.05. The number of benzene rings is 1. The lowest BCUT2D eigenvalue weighted by atomic mass is 10.1. The third kappa shape index (κ3) is 2.93. The number of nitrogens with two attached hydrogens (primary N) is 1. The van der Waals surface area contributed by atoms with Gasteiger partial charge in [-0.3, -0.25) is 0 Å². The summed E-state index contributed by atoms with van der Waals surface area (Å²) in [5, 5.41) is 1.11. The minimum Gasteiger partial charge on any atom is -0.330 e. The normalized spacial score (nSPS) is 12.6. The molecule has 1 aromatic carbocycles. The van der Waals surface area contributed by atoms with Gasteiger partial charge in [0.05, 0.1) is 5.69 Å². The summed E-state index contributed by atoms with van der Waals surface area (Å²) in [5.74, 6) is 0.526. The Bertz CT molecular complexity index is 476. The molecule has 2 nitrogen and oxygen atoms in total. The topological polar surface area (TPSA) is 38.9 Å². The van der Waals surface area contributed by atoms with Gasteiger partial charge >= 0.3 is 0 Å². The fraction of sp³-hybridized carbons (Fsp3) is 0.357. The van der Waals surface area contributed by atoms with Crippen molar-refractivity contribution >= 4 is 11.3 Å². The van der Waals surface area contributed by atoms with Crippen LogP contribution in [0.4, 0.5) is 0 Å². The molecule has 0 spiro atoms. The highest BCUT2D eigenvalue weighted by atomic mass is 32.1. The zero-order valence-corrected chi connectivity index (χ0v) is 11.1. The number of rotatable bonds is 4. The number of aryl methyl sites for hydroxylation is 1. The third-order valence-electron chi connectivity index (χ3n) is 2.85. The van der Waals surface area contributed by atoms with Crippen LogP contribution in [0.1, 0.15) is 17.5 Å². The van der Waals surface area contributed by atoms with E-state index in [9.17, 15) is 0 Å². The lowest BCUT2D eigenvalue weighted by molar-refractivity contribution is 0.596. The van der Waals surface area contributed by atoms with Crippen molar-refractivity contribution in [1.29, 1.82) is 0 Å². The standard InChI is InChI=1S/C14H18N2S/c1-10(9-15)8-13-11(2)16-14(17-13)12-6-4-3-5-7-12/h3-7,10H,8-9,15H2,1-2H3. The Morgan fingerprint density at radius 2 is 2.00 bits per heavy atom. The molecule has 1 heterocycles. The van der Waals surface area contributed by atoms with Crippen LogP contribution in [0.2, 0.25) is 0 Å². The quantitative estimate of drug-likeness (QED) is 0.899. The van der Waals surface area contributed by atoms with Crippen molar-refractivity contribution in [2.24, 2.45) is 11.7 Å². The Balaban J connectivity index is 2.25. The van der Waals surface area contributed by atoms with E-state index in [1.165, 1.54) is 10.4 Å². The van der Waals surface area contributed by atoms with Gasteiger partial charge in [0.2, 0.25) is 0 Å². The van der Waals surface area contributed by atoms with E-state index >= 15 is 0 Å². The van der Waals surface area contributed by atoms with Gasteiger partial charge in [-0.25, -0.2) is 4.98 Å². The van der Waals surface area contributed by atoms with Gasteiger partial charge in [0.25, 0.3) is 0 Å². The molecule has 0 aliphatic rings. The molecule has 3 heteroatoms. The zero-order valence-electron chi connectivity index (χ0n) is 10.3. The highest BCUT2D eigenvalue weighted by molar-refractivity contribution is 7.15. The maximum absolute atomic E-state index is 5.67. The Labute approximate surface area is 107 Å². The molecule has 0 aliphatic heterocycles. The molecule has 2 aromatic rings. The van der Waals surface area contributed by atoms with Crippen molar-refractivity contribution in [3.05, 3.63) is 40.9 Å². The van der Waals surface area contributed by atoms with Crippen molar-refractivity contribution in [2.75, 3.05) is 6.54 Å². The molecule has 0 aliphatic carbocycles. The fourth-order valence-electron chi connectivity index (χ4n) is 1.72. The maximum atomic E-state index is 5.67. The van der Waals surface area contributed by atoms with Crippen LogP contribution >= 0.6 is 11.3 Å². The van der Waals surface area contributed by atoms with Gasteiger partial charge in [0.1, 0.15) is 5.01 Å². The molecule has 17 heavy (non-hydrogen) atoms. The van der Waals surface area contributed by atoms with Crippen LogP contribution in [-0.2, 0) is 6.42 Å². The van der Waals surface area contributed by atoms with Crippen molar-refractivity contribution in [3.63, 3.8) is 0 Å². The maximum Gasteiger partial charge on any atom is 0.123 e. The largest absolute Gasteiger partial charge is 0.330 e. The van der Waals surface area contributed by atoms with Crippen LogP contribution in [0.5, 0.6) is 0 Å². The van der Waals surface area contributed by atoms with Crippen LogP contribution < -0.4 is 5.73 Å². The second kappa shape index (κ2) is 5.43. The van der Waals surface area contributed by atoms with Crippen LogP contribution in [0.15, 0.2) is 30.3 Å². The van der Waals surface area contributed by atoms with Gasteiger partial charge in [-0.2, -0.15) is 0 Å². The predicted octanol–water partition coefficient (Wildman–Crippen LogP) is 3.26. The molecule has 90 valence electrons. The summed E-state index contributed by atoms with van der Waals surface area (Å²) in [6.45, 7) is 5.00. The highest BCUT2D eigenvalue weighted by Gasteiger charge is 2.11. The molecule has 0 radical (unpaired) electrons. The molecule has 2 N–H and O–H groups in total. The first-order valence-corrected chi connectivity index (χ1v) is 6.74. The minimum absolute atomic E-state index is 0.526. The van der Waals surface area contributed by atoms with Gasteiger partial charge in [0.15, 0.2) is 0 Å². The highest BCUT2D eigenvalue weighted by Crippen LogP contribution is 2.29. The predicted molar refractivity (Wildman–Crippen MR) is 74.2 cm³/mol. The van der Waals surface area contributed by atoms with E-state index in [4.69, 9.17) is 5.73 Å². The first-order valence-electron chi connectivity index (χ1n) is 5.92. The first kappa shape index (κ1) is 12.3. The summed E-state index contributed by atoms with van der Waals surface area (Å²) in [4.78, 5) is 6.01. The Morgan fingerprint density at radius 3 is 2.65 bits per heavy atom. The molecule has 0 fully saturated rings. The third-order valence-corrected chi connectivity index (χ3v) is 4.08. The van der Waals surface area contributed by atoms with Crippen molar-refractivity contribution in [1.82, 2.24) is 4.98 Å². The molecule has 0 saturated heterocycles. The number of thiazole rings is 1. The van der Waals surface area contributed by atoms with Crippen LogP contribution in [0, 0.1) is 12.8 Å². The van der Waals surface area contributed by atoms with Crippen molar-refractivity contribution in [2.45, 2.75) is 20.3 Å². The molecular formula is C14H18N2S. The number of aromatic nitrogens is 1. The average Bonchev–Trinajstić information content (AvgIpc) is 2.72. The van der Waals surface area contributed by atoms with Gasteiger partial charge in [-0.15, -0.1) is 11.3 Å². The Hall–Kier alpha value is -1.19. The second-order valence-electron chi connectivity index (χ2n) is 4.44. The van der Waals surface area contributed by atoms with Gasteiger partial charge < -0.3 is 5.73 Å². The summed E-state index contributed by atoms with van der Waals surface area (Å²) in [7, 11) is 0. The summed E-state index contributed by atoms with van der Waals surface area (Å²) >= 11 is 1.79. The van der Waals surface area contributed by atoms with Crippen molar-refractivity contribution in [3.8, 4) is 10.6 Å². The molecule has 2 rings (SSSR count). The SMILES string of the molecule is Cc1nc(-c2ccccc2)sc1CC(C)CN. The summed E-state index contributed by atoms with van der Waals surface area (Å²) < 4.78 is 0. The van der Waals surface area contributed by atoms with E-state index in [0.29, 0.717) is 5.92 Å². The minimum atomic E-state index is 0.526. The average molecular weight is 246 g/mol. The second-order valence-corrected chi connectivity index (χ2v) is 5.52. The summed E-state index contributed by atoms with van der Waals surface area (Å²) in [6.07, 6.45) is 1.03. The van der Waals surface area contributed by atoms with Crippen LogP contribution in [0.3, 0.4) is 0 Å². The molecule has 1 aromatic heterocycles. The fourth-order valence-corrected chi connectivity index (χ4v) is 2.95. The Morgan fingerprint density at radius 1 is 1.29 bits per heavy atom. The molecule has 0 amide bonds. The smallest absolute Gasteiger partial charge is 0.123 e. The Kier molecular flexibility index (Phi) is 3.92. The van der Waals surface area contributed by atoms with E-state index in [0.717, 1.165) is 23.7 Å². The molecule has 1 atom stereocenters. The summed E-state index contributed by atoms with van der Waals surface area (Å²) in [5.41, 5.74) is 8.02. The first-order chi connectivity index (χ1) is 8.20. The molecule has 1 unspecified atom stereocenters. The number of nitrogens with zero attached hydrogens (tertiary/aromatic N) is 1. The van der Waals surface area contributed by atoms with Crippen LogP contribution in [0.25, 0.3) is 10.6 Å². The number of hydrogen-bond acceptors (Lipinski definition) is 3. The lowest BCUT2D eigenvalue weighted by Crippen LogP contribution is -2.12. The number of hydrogen-bond donors (Lipinski definition) is 1. The van der Waals surface area contributed by atoms with Crippen molar-refractivity contribution < 1.29 is 0 Å². The van der Waals surface area contributed by atoms with Gasteiger partial charge in [0, 0.05) is 10.4 Å². The molecule has 0 bridgehead atoms.